The van der Waals surface area contributed by atoms with Crippen molar-refractivity contribution < 1.29 is 12.8 Å². The van der Waals surface area contributed by atoms with Crippen molar-refractivity contribution in [2.75, 3.05) is 0 Å². The first kappa shape index (κ1) is 13.1. The Kier molecular flexibility index (Phi) is 2.90. The molecule has 0 saturated heterocycles. The molecule has 0 radical (unpaired) electrons. The molecule has 0 atom stereocenters. The van der Waals surface area contributed by atoms with Crippen LogP contribution in [0.2, 0.25) is 0 Å². The van der Waals surface area contributed by atoms with Crippen LogP contribution in [0.5, 0.6) is 0 Å². The Bertz CT molecular complexity index is 1470. The van der Waals surface area contributed by atoms with Crippen molar-refractivity contribution in [3.05, 3.63) is 95.4 Å². The van der Waals surface area contributed by atoms with Gasteiger partial charge in [0.25, 0.3) is 0 Å². The van der Waals surface area contributed by atoms with E-state index in [9.17, 15) is 0 Å². The second-order valence-corrected chi connectivity index (χ2v) is 8.14. The molecule has 0 spiro atoms. The highest BCUT2D eigenvalue weighted by molar-refractivity contribution is 5.84. The molecule has 1 aliphatic carbocycles. The van der Waals surface area contributed by atoms with Crippen LogP contribution in [-0.4, -0.2) is 4.98 Å². The molecular formula is C28H27N2+. The van der Waals surface area contributed by atoms with Gasteiger partial charge in [0.2, 0.25) is 5.69 Å². The minimum absolute atomic E-state index is 0.0920. The molecule has 2 nitrogen and oxygen atoms in total. The summed E-state index contributed by atoms with van der Waals surface area (Å²) >= 11 is 0. The fourth-order valence-electron chi connectivity index (χ4n) is 4.33. The van der Waals surface area contributed by atoms with Crippen LogP contribution in [0.15, 0.2) is 73.1 Å². The van der Waals surface area contributed by atoms with Gasteiger partial charge in [-0.15, -0.1) is 0 Å². The van der Waals surface area contributed by atoms with Gasteiger partial charge in [0.1, 0.15) is 7.05 Å². The zero-order valence-electron chi connectivity index (χ0n) is 23.3. The molecule has 5 rings (SSSR count). The monoisotopic (exact) mass is 397 g/mol. The highest BCUT2D eigenvalue weighted by atomic mass is 14.9. The molecule has 2 aromatic heterocycles. The molecule has 148 valence electrons. The summed E-state index contributed by atoms with van der Waals surface area (Å²) in [5.74, 6) is 0. The predicted molar refractivity (Wildman–Crippen MR) is 123 cm³/mol. The molecule has 0 N–H and O–H groups in total. The first-order chi connectivity index (χ1) is 16.9. The highest BCUT2D eigenvalue weighted by Crippen LogP contribution is 2.49. The molecule has 0 saturated carbocycles. The quantitative estimate of drug-likeness (QED) is 0.370. The van der Waals surface area contributed by atoms with Gasteiger partial charge < -0.3 is 0 Å². The third-order valence-electron chi connectivity index (χ3n) is 6.03. The first-order valence-electron chi connectivity index (χ1n) is 13.0. The summed E-state index contributed by atoms with van der Waals surface area (Å²) in [4.78, 5) is 4.35. The van der Waals surface area contributed by atoms with Gasteiger partial charge in [0.15, 0.2) is 6.20 Å². The zero-order valence-corrected chi connectivity index (χ0v) is 17.3. The first-order valence-corrected chi connectivity index (χ1v) is 10.0. The number of aryl methyl sites for hydroxylation is 3. The van der Waals surface area contributed by atoms with Crippen molar-refractivity contribution in [3.8, 4) is 33.5 Å². The highest BCUT2D eigenvalue weighted by Gasteiger charge is 2.37. The lowest BCUT2D eigenvalue weighted by atomic mass is 9.83. The third-order valence-corrected chi connectivity index (χ3v) is 6.03. The lowest BCUT2D eigenvalue weighted by Crippen LogP contribution is -2.30. The van der Waals surface area contributed by atoms with E-state index in [1.165, 1.54) is 11.8 Å². The predicted octanol–water partition coefficient (Wildman–Crippen LogP) is 6.16. The third kappa shape index (κ3) is 2.79. The Hall–Kier alpha value is -3.26. The van der Waals surface area contributed by atoms with Crippen LogP contribution in [0.25, 0.3) is 33.5 Å². The minimum Gasteiger partial charge on any atom is -0.260 e. The van der Waals surface area contributed by atoms with E-state index in [-0.39, 0.29) is 11.3 Å². The summed E-state index contributed by atoms with van der Waals surface area (Å²) in [5, 5.41) is 0. The van der Waals surface area contributed by atoms with Crippen LogP contribution in [0, 0.1) is 13.8 Å². The Morgan fingerprint density at radius 3 is 2.43 bits per heavy atom. The van der Waals surface area contributed by atoms with Crippen LogP contribution < -0.4 is 4.57 Å². The molecule has 4 aromatic rings. The van der Waals surface area contributed by atoms with Gasteiger partial charge in [-0.25, -0.2) is 4.57 Å². The average molecular weight is 398 g/mol. The molecule has 0 amide bonds. The van der Waals surface area contributed by atoms with Crippen LogP contribution in [0.1, 0.15) is 44.3 Å². The number of pyridine rings is 2. The van der Waals surface area contributed by atoms with E-state index in [0.29, 0.717) is 11.1 Å². The van der Waals surface area contributed by atoms with E-state index >= 15 is 0 Å². The summed E-state index contributed by atoms with van der Waals surface area (Å²) in [6.45, 7) is -1.69. The zero-order chi connectivity index (χ0) is 26.0. The van der Waals surface area contributed by atoms with Crippen molar-refractivity contribution in [2.24, 2.45) is 7.05 Å². The van der Waals surface area contributed by atoms with E-state index in [0.717, 1.165) is 27.9 Å². The number of rotatable bonds is 2. The van der Waals surface area contributed by atoms with Crippen LogP contribution >= 0.6 is 0 Å². The van der Waals surface area contributed by atoms with E-state index in [4.69, 9.17) is 8.22 Å². The summed E-state index contributed by atoms with van der Waals surface area (Å²) in [7, 11) is 1.96. The van der Waals surface area contributed by atoms with Gasteiger partial charge in [-0.1, -0.05) is 55.7 Å². The van der Waals surface area contributed by atoms with Crippen molar-refractivity contribution >= 4 is 0 Å². The van der Waals surface area contributed by atoms with E-state index < -0.39 is 19.1 Å². The van der Waals surface area contributed by atoms with Gasteiger partial charge >= 0.3 is 0 Å². The molecule has 0 unspecified atom stereocenters. The number of benzene rings is 2. The van der Waals surface area contributed by atoms with Crippen molar-refractivity contribution in [1.29, 1.82) is 0 Å². The van der Waals surface area contributed by atoms with Crippen LogP contribution in [-0.2, 0) is 12.5 Å². The Morgan fingerprint density at radius 1 is 0.867 bits per heavy atom. The van der Waals surface area contributed by atoms with E-state index in [1.807, 2.05) is 30.8 Å². The maximum absolute atomic E-state index is 8.38. The Morgan fingerprint density at radius 2 is 1.67 bits per heavy atom. The van der Waals surface area contributed by atoms with Crippen molar-refractivity contribution in [2.45, 2.75) is 33.0 Å². The molecule has 1 aliphatic rings. The fourth-order valence-corrected chi connectivity index (χ4v) is 4.33. The lowest BCUT2D eigenvalue weighted by Gasteiger charge is -2.21. The minimum atomic E-state index is -2.82. The largest absolute Gasteiger partial charge is 0.260 e. The number of hydrogen-bond donors (Lipinski definition) is 0. The maximum Gasteiger partial charge on any atom is 0.213 e. The van der Waals surface area contributed by atoms with Gasteiger partial charge in [-0.2, -0.15) is 0 Å². The van der Waals surface area contributed by atoms with Gasteiger partial charge in [0, 0.05) is 43.1 Å². The molecule has 30 heavy (non-hydrogen) atoms. The normalized spacial score (nSPS) is 17.6. The number of hydrogen-bond acceptors (Lipinski definition) is 1. The van der Waals surface area contributed by atoms with Crippen LogP contribution in [0.3, 0.4) is 0 Å². The fraction of sp³-hybridized carbons (Fsp3) is 0.214. The number of aromatic nitrogens is 2. The SMILES string of the molecule is [2H]C([2H])([2H])C1(C([2H])([2H])[2H])c2cc(C)c(-c3cc(-c4ccc(C)cc4)cc[n+]3C)cc2-c2cccnc21. The summed E-state index contributed by atoms with van der Waals surface area (Å²) in [6.07, 6.45) is 3.47. The average Bonchev–Trinajstić information content (AvgIpc) is 3.10. The van der Waals surface area contributed by atoms with Crippen molar-refractivity contribution in [1.82, 2.24) is 4.98 Å². The molecule has 2 heterocycles. The van der Waals surface area contributed by atoms with E-state index in [1.54, 1.807) is 18.2 Å². The lowest BCUT2D eigenvalue weighted by molar-refractivity contribution is -0.660. The topological polar surface area (TPSA) is 16.8 Å². The Balaban J connectivity index is 1.78. The van der Waals surface area contributed by atoms with Crippen molar-refractivity contribution in [3.63, 3.8) is 0 Å². The van der Waals surface area contributed by atoms with Gasteiger partial charge in [0.05, 0.1) is 5.69 Å². The maximum atomic E-state index is 8.38. The standard InChI is InChI=1S/C28H27N2/c1-18-8-10-20(11-9-18)21-12-14-30(5)26(16-21)23-17-24-22-7-6-13-29-27(22)28(3,4)25(24)15-19(23)2/h6-17H,1-5H3/q+1/i3D3,4D3. The van der Waals surface area contributed by atoms with Gasteiger partial charge in [-0.05, 0) is 53.8 Å². The van der Waals surface area contributed by atoms with Gasteiger partial charge in [-0.3, -0.25) is 4.98 Å². The summed E-state index contributed by atoms with van der Waals surface area (Å²) in [5.41, 5.74) is 5.34. The molecule has 0 fully saturated rings. The number of nitrogens with zero attached hydrogens (tertiary/aromatic N) is 2. The summed E-state index contributed by atoms with van der Waals surface area (Å²) < 4.78 is 52.3. The smallest absolute Gasteiger partial charge is 0.213 e. The van der Waals surface area contributed by atoms with E-state index in [2.05, 4.69) is 48.3 Å². The van der Waals surface area contributed by atoms with Crippen LogP contribution in [0.4, 0.5) is 0 Å². The molecular weight excluding hydrogens is 364 g/mol. The second kappa shape index (κ2) is 6.63. The molecule has 2 heteroatoms. The number of fused-ring (bicyclic) bond motifs is 3. The molecule has 0 aliphatic heterocycles. The summed E-state index contributed by atoms with van der Waals surface area (Å²) in [6, 6.07) is 19.7. The molecule has 0 bridgehead atoms. The Labute approximate surface area is 187 Å². The second-order valence-electron chi connectivity index (χ2n) is 8.14. The molecule has 2 aromatic carbocycles.